The van der Waals surface area contributed by atoms with Gasteiger partial charge in [0.05, 0.1) is 24.6 Å². The number of benzene rings is 2. The number of nitrogens with zero attached hydrogens (tertiary/aromatic N) is 6. The molecule has 1 fully saturated rings. The zero-order valence-corrected chi connectivity index (χ0v) is 18.5. The minimum atomic E-state index is -0.295. The number of aromatic nitrogens is 5. The Hall–Kier alpha value is -3.85. The quantitative estimate of drug-likeness (QED) is 0.496. The van der Waals surface area contributed by atoms with Crippen LogP contribution in [0.3, 0.4) is 0 Å². The molecule has 0 amide bonds. The number of hydrogen-bond donors (Lipinski definition) is 1. The lowest BCUT2D eigenvalue weighted by molar-refractivity contribution is 0.122. The SMILES string of the molecule is Cc1nc(C)n(-c2ccc(Nc3nccc(-c4cc(F)cc(N5CCOCC5)c4)n3)cc2)n1. The first-order chi connectivity index (χ1) is 16.0. The van der Waals surface area contributed by atoms with Crippen molar-refractivity contribution in [1.29, 1.82) is 0 Å². The molecule has 8 nitrogen and oxygen atoms in total. The Balaban J connectivity index is 1.36. The Morgan fingerprint density at radius 1 is 0.939 bits per heavy atom. The zero-order chi connectivity index (χ0) is 22.8. The third-order valence-corrected chi connectivity index (χ3v) is 5.45. The zero-order valence-electron chi connectivity index (χ0n) is 18.5. The van der Waals surface area contributed by atoms with Crippen molar-refractivity contribution in [3.05, 3.63) is 72.2 Å². The van der Waals surface area contributed by atoms with E-state index in [9.17, 15) is 4.39 Å². The fourth-order valence-corrected chi connectivity index (χ4v) is 3.89. The van der Waals surface area contributed by atoms with Crippen molar-refractivity contribution in [3.8, 4) is 16.9 Å². The number of morpholine rings is 1. The van der Waals surface area contributed by atoms with Crippen LogP contribution in [0.25, 0.3) is 16.9 Å². The minimum Gasteiger partial charge on any atom is -0.378 e. The van der Waals surface area contributed by atoms with Gasteiger partial charge in [0.15, 0.2) is 0 Å². The maximum absolute atomic E-state index is 14.4. The van der Waals surface area contributed by atoms with Gasteiger partial charge in [-0.15, -0.1) is 0 Å². The van der Waals surface area contributed by atoms with Crippen LogP contribution in [0.5, 0.6) is 0 Å². The smallest absolute Gasteiger partial charge is 0.227 e. The molecule has 2 aromatic carbocycles. The van der Waals surface area contributed by atoms with Gasteiger partial charge < -0.3 is 15.0 Å². The van der Waals surface area contributed by atoms with E-state index in [-0.39, 0.29) is 5.82 Å². The Morgan fingerprint density at radius 3 is 2.45 bits per heavy atom. The molecule has 0 atom stereocenters. The van der Waals surface area contributed by atoms with Crippen LogP contribution in [-0.2, 0) is 4.74 Å². The van der Waals surface area contributed by atoms with E-state index in [2.05, 4.69) is 30.3 Å². The molecule has 0 bridgehead atoms. The number of rotatable bonds is 5. The molecule has 1 N–H and O–H groups in total. The molecule has 3 heterocycles. The molecule has 168 valence electrons. The molecule has 9 heteroatoms. The topological polar surface area (TPSA) is 81.0 Å². The summed E-state index contributed by atoms with van der Waals surface area (Å²) in [7, 11) is 0. The number of aryl methyl sites for hydroxylation is 2. The van der Waals surface area contributed by atoms with Crippen molar-refractivity contribution < 1.29 is 9.13 Å². The maximum atomic E-state index is 14.4. The average molecular weight is 446 g/mol. The number of hydrogen-bond acceptors (Lipinski definition) is 7. The fraction of sp³-hybridized carbons (Fsp3) is 0.250. The average Bonchev–Trinajstić information content (AvgIpc) is 3.18. The highest BCUT2D eigenvalue weighted by atomic mass is 19.1. The summed E-state index contributed by atoms with van der Waals surface area (Å²) in [6, 6.07) is 14.5. The molecule has 1 saturated heterocycles. The van der Waals surface area contributed by atoms with E-state index in [0.717, 1.165) is 41.8 Å². The first-order valence-corrected chi connectivity index (χ1v) is 10.8. The molecule has 4 aromatic rings. The summed E-state index contributed by atoms with van der Waals surface area (Å²) in [5.74, 6) is 1.70. The van der Waals surface area contributed by atoms with Gasteiger partial charge in [0.25, 0.3) is 0 Å². The lowest BCUT2D eigenvalue weighted by Crippen LogP contribution is -2.36. The van der Waals surface area contributed by atoms with Crippen LogP contribution in [-0.4, -0.2) is 51.0 Å². The summed E-state index contributed by atoms with van der Waals surface area (Å²) in [6.45, 7) is 6.55. The molecular formula is C24H24FN7O. The van der Waals surface area contributed by atoms with Gasteiger partial charge in [0.2, 0.25) is 5.95 Å². The van der Waals surface area contributed by atoms with Gasteiger partial charge in [-0.2, -0.15) is 5.10 Å². The standard InChI is InChI=1S/C24H24FN7O/c1-16-27-17(2)32(30-16)21-5-3-20(4-6-21)28-24-26-8-7-23(29-24)18-13-19(25)15-22(14-18)31-9-11-33-12-10-31/h3-8,13-15H,9-12H2,1-2H3,(H,26,28,29). The second kappa shape index (κ2) is 8.95. The third-order valence-electron chi connectivity index (χ3n) is 5.45. The van der Waals surface area contributed by atoms with Crippen LogP contribution >= 0.6 is 0 Å². The van der Waals surface area contributed by atoms with Gasteiger partial charge in [-0.3, -0.25) is 0 Å². The maximum Gasteiger partial charge on any atom is 0.227 e. The highest BCUT2D eigenvalue weighted by molar-refractivity contribution is 5.67. The van der Waals surface area contributed by atoms with Gasteiger partial charge in [0.1, 0.15) is 17.5 Å². The summed E-state index contributed by atoms with van der Waals surface area (Å²) >= 11 is 0. The molecular weight excluding hydrogens is 421 g/mol. The van der Waals surface area contributed by atoms with E-state index in [1.807, 2.05) is 44.2 Å². The van der Waals surface area contributed by atoms with Crippen molar-refractivity contribution in [2.75, 3.05) is 36.5 Å². The van der Waals surface area contributed by atoms with E-state index < -0.39 is 0 Å². The second-order valence-corrected chi connectivity index (χ2v) is 7.85. The van der Waals surface area contributed by atoms with E-state index >= 15 is 0 Å². The molecule has 33 heavy (non-hydrogen) atoms. The second-order valence-electron chi connectivity index (χ2n) is 7.85. The normalized spacial score (nSPS) is 13.8. The Bertz CT molecular complexity index is 1270. The molecule has 0 aliphatic carbocycles. The van der Waals surface area contributed by atoms with E-state index in [0.29, 0.717) is 30.4 Å². The summed E-state index contributed by atoms with van der Waals surface area (Å²) < 4.78 is 21.6. The van der Waals surface area contributed by atoms with Crippen LogP contribution in [0.15, 0.2) is 54.7 Å². The number of halogens is 1. The van der Waals surface area contributed by atoms with Gasteiger partial charge in [-0.1, -0.05) is 0 Å². The highest BCUT2D eigenvalue weighted by Crippen LogP contribution is 2.27. The van der Waals surface area contributed by atoms with Gasteiger partial charge in [-0.25, -0.2) is 24.0 Å². The van der Waals surface area contributed by atoms with Crippen LogP contribution in [0.1, 0.15) is 11.6 Å². The number of ether oxygens (including phenoxy) is 1. The molecule has 5 rings (SSSR count). The van der Waals surface area contributed by atoms with Crippen LogP contribution in [0.4, 0.5) is 21.7 Å². The minimum absolute atomic E-state index is 0.295. The molecule has 0 saturated carbocycles. The number of nitrogens with one attached hydrogen (secondary N) is 1. The molecule has 0 radical (unpaired) electrons. The third kappa shape index (κ3) is 4.68. The van der Waals surface area contributed by atoms with Gasteiger partial charge in [-0.05, 0) is 62.4 Å². The van der Waals surface area contributed by atoms with Crippen molar-refractivity contribution in [1.82, 2.24) is 24.7 Å². The van der Waals surface area contributed by atoms with Crippen molar-refractivity contribution >= 4 is 17.3 Å². The first kappa shape index (κ1) is 21.0. The van der Waals surface area contributed by atoms with Gasteiger partial charge >= 0.3 is 0 Å². The highest BCUT2D eigenvalue weighted by Gasteiger charge is 2.14. The largest absolute Gasteiger partial charge is 0.378 e. The fourth-order valence-electron chi connectivity index (χ4n) is 3.89. The molecule has 0 spiro atoms. The van der Waals surface area contributed by atoms with Crippen molar-refractivity contribution in [2.24, 2.45) is 0 Å². The Kier molecular flexibility index (Phi) is 5.70. The number of anilines is 3. The first-order valence-electron chi connectivity index (χ1n) is 10.8. The molecule has 0 unspecified atom stereocenters. The van der Waals surface area contributed by atoms with Crippen molar-refractivity contribution in [2.45, 2.75) is 13.8 Å². The van der Waals surface area contributed by atoms with Gasteiger partial charge in [0, 0.05) is 36.2 Å². The predicted octanol–water partition coefficient (Wildman–Crippen LogP) is 4.06. The predicted molar refractivity (Wildman–Crippen MR) is 125 cm³/mol. The summed E-state index contributed by atoms with van der Waals surface area (Å²) in [5, 5.41) is 7.62. The lowest BCUT2D eigenvalue weighted by Gasteiger charge is -2.29. The summed E-state index contributed by atoms with van der Waals surface area (Å²) in [6.07, 6.45) is 1.67. The summed E-state index contributed by atoms with van der Waals surface area (Å²) in [5.41, 5.74) is 3.93. The van der Waals surface area contributed by atoms with Crippen LogP contribution in [0, 0.1) is 19.7 Å². The molecule has 1 aliphatic rings. The van der Waals surface area contributed by atoms with Crippen LogP contribution in [0.2, 0.25) is 0 Å². The van der Waals surface area contributed by atoms with E-state index in [1.54, 1.807) is 23.0 Å². The van der Waals surface area contributed by atoms with Crippen molar-refractivity contribution in [3.63, 3.8) is 0 Å². The monoisotopic (exact) mass is 445 g/mol. The Labute approximate surface area is 191 Å². The Morgan fingerprint density at radius 2 is 1.73 bits per heavy atom. The molecule has 2 aromatic heterocycles. The van der Waals surface area contributed by atoms with E-state index in [1.165, 1.54) is 6.07 Å². The summed E-state index contributed by atoms with van der Waals surface area (Å²) in [4.78, 5) is 15.4. The molecule has 1 aliphatic heterocycles. The van der Waals surface area contributed by atoms with E-state index in [4.69, 9.17) is 4.74 Å². The lowest BCUT2D eigenvalue weighted by atomic mass is 10.1. The van der Waals surface area contributed by atoms with Crippen LogP contribution < -0.4 is 10.2 Å².